The Morgan fingerprint density at radius 1 is 1.18 bits per heavy atom. The van der Waals surface area contributed by atoms with E-state index in [1.165, 1.54) is 23.4 Å². The SMILES string of the molecule is CCc1c(C(=O)Nc2ccc3c(c2)N(CC)CC3)cnn1-c1ccc(F)cc1. The summed E-state index contributed by atoms with van der Waals surface area (Å²) >= 11 is 0. The van der Waals surface area contributed by atoms with Crippen molar-refractivity contribution >= 4 is 17.3 Å². The van der Waals surface area contributed by atoms with Gasteiger partial charge in [0, 0.05) is 24.5 Å². The minimum absolute atomic E-state index is 0.189. The highest BCUT2D eigenvalue weighted by molar-refractivity contribution is 6.05. The second-order valence-electron chi connectivity index (χ2n) is 6.87. The molecule has 1 amide bonds. The molecule has 0 aliphatic carbocycles. The molecule has 4 rings (SSSR count). The molecule has 5 nitrogen and oxygen atoms in total. The molecule has 0 spiro atoms. The Morgan fingerprint density at radius 2 is 1.96 bits per heavy atom. The van der Waals surface area contributed by atoms with Gasteiger partial charge in [-0.15, -0.1) is 0 Å². The summed E-state index contributed by atoms with van der Waals surface area (Å²) in [6.45, 7) is 6.09. The van der Waals surface area contributed by atoms with E-state index in [1.807, 2.05) is 19.1 Å². The largest absolute Gasteiger partial charge is 0.371 e. The van der Waals surface area contributed by atoms with Crippen molar-refractivity contribution in [1.29, 1.82) is 0 Å². The second kappa shape index (κ2) is 7.46. The van der Waals surface area contributed by atoms with E-state index in [2.05, 4.69) is 28.3 Å². The van der Waals surface area contributed by atoms with Crippen molar-refractivity contribution in [3.63, 3.8) is 0 Å². The maximum Gasteiger partial charge on any atom is 0.259 e. The van der Waals surface area contributed by atoms with Gasteiger partial charge in [0.25, 0.3) is 5.91 Å². The third-order valence-electron chi connectivity index (χ3n) is 5.24. The lowest BCUT2D eigenvalue weighted by molar-refractivity contribution is 0.102. The number of benzene rings is 2. The fraction of sp³-hybridized carbons (Fsp3) is 0.273. The molecule has 2 aromatic carbocycles. The topological polar surface area (TPSA) is 50.2 Å². The molecule has 6 heteroatoms. The molecule has 0 bridgehead atoms. The summed E-state index contributed by atoms with van der Waals surface area (Å²) in [7, 11) is 0. The molecule has 2 heterocycles. The average molecular weight is 378 g/mol. The standard InChI is InChI=1S/C22H23FN4O/c1-3-20-19(14-24-27(20)18-9-6-16(23)7-10-18)22(28)25-17-8-5-15-11-12-26(4-2)21(15)13-17/h5-10,13-14H,3-4,11-12H2,1-2H3,(H,25,28). The first kappa shape index (κ1) is 18.2. The normalized spacial score (nSPS) is 12.9. The maximum atomic E-state index is 13.2. The monoisotopic (exact) mass is 378 g/mol. The van der Waals surface area contributed by atoms with Crippen LogP contribution in [-0.4, -0.2) is 28.8 Å². The van der Waals surface area contributed by atoms with Crippen LogP contribution in [0.15, 0.2) is 48.7 Å². The first-order chi connectivity index (χ1) is 13.6. The molecule has 28 heavy (non-hydrogen) atoms. The van der Waals surface area contributed by atoms with Gasteiger partial charge < -0.3 is 10.2 Å². The molecule has 3 aromatic rings. The molecule has 0 radical (unpaired) electrons. The zero-order valence-electron chi connectivity index (χ0n) is 16.1. The summed E-state index contributed by atoms with van der Waals surface area (Å²) < 4.78 is 14.9. The van der Waals surface area contributed by atoms with E-state index in [0.29, 0.717) is 12.0 Å². The number of rotatable bonds is 5. The fourth-order valence-electron chi connectivity index (χ4n) is 3.76. The van der Waals surface area contributed by atoms with Crippen molar-refractivity contribution in [2.75, 3.05) is 23.3 Å². The van der Waals surface area contributed by atoms with Crippen LogP contribution in [0.1, 0.15) is 35.5 Å². The Balaban J connectivity index is 1.60. The molecule has 1 aromatic heterocycles. The Kier molecular flexibility index (Phi) is 4.86. The third-order valence-corrected chi connectivity index (χ3v) is 5.24. The first-order valence-corrected chi connectivity index (χ1v) is 9.62. The van der Waals surface area contributed by atoms with Crippen molar-refractivity contribution in [1.82, 2.24) is 9.78 Å². The molecule has 0 saturated carbocycles. The van der Waals surface area contributed by atoms with Crippen LogP contribution in [0.25, 0.3) is 5.69 Å². The number of carbonyl (C=O) groups excluding carboxylic acids is 1. The lowest BCUT2D eigenvalue weighted by Crippen LogP contribution is -2.19. The molecule has 1 aliphatic rings. The van der Waals surface area contributed by atoms with Gasteiger partial charge in [-0.25, -0.2) is 9.07 Å². The van der Waals surface area contributed by atoms with Crippen LogP contribution in [-0.2, 0) is 12.8 Å². The fourth-order valence-corrected chi connectivity index (χ4v) is 3.76. The van der Waals surface area contributed by atoms with E-state index in [0.717, 1.165) is 36.6 Å². The lowest BCUT2D eigenvalue weighted by atomic mass is 10.1. The molecule has 0 saturated heterocycles. The van der Waals surface area contributed by atoms with E-state index in [9.17, 15) is 9.18 Å². The quantitative estimate of drug-likeness (QED) is 0.724. The van der Waals surface area contributed by atoms with Crippen LogP contribution in [0.5, 0.6) is 0 Å². The van der Waals surface area contributed by atoms with Crippen molar-refractivity contribution in [3.8, 4) is 5.69 Å². The molecular formula is C22H23FN4O. The third kappa shape index (κ3) is 3.26. The summed E-state index contributed by atoms with van der Waals surface area (Å²) in [6.07, 6.45) is 3.25. The van der Waals surface area contributed by atoms with Gasteiger partial charge in [0.05, 0.1) is 23.1 Å². The van der Waals surface area contributed by atoms with E-state index in [1.54, 1.807) is 23.0 Å². The molecular weight excluding hydrogens is 355 g/mol. The van der Waals surface area contributed by atoms with Gasteiger partial charge in [0.2, 0.25) is 0 Å². The number of hydrogen-bond acceptors (Lipinski definition) is 3. The van der Waals surface area contributed by atoms with Gasteiger partial charge in [0.1, 0.15) is 5.82 Å². The molecule has 144 valence electrons. The van der Waals surface area contributed by atoms with Crippen LogP contribution >= 0.6 is 0 Å². The summed E-state index contributed by atoms with van der Waals surface area (Å²) in [5.74, 6) is -0.490. The van der Waals surface area contributed by atoms with Crippen molar-refractivity contribution in [2.45, 2.75) is 26.7 Å². The zero-order valence-corrected chi connectivity index (χ0v) is 16.1. The minimum Gasteiger partial charge on any atom is -0.371 e. The number of likely N-dealkylation sites (N-methyl/N-ethyl adjacent to an activating group) is 1. The van der Waals surface area contributed by atoms with Crippen LogP contribution in [0.2, 0.25) is 0 Å². The Hall–Kier alpha value is -3.15. The highest BCUT2D eigenvalue weighted by atomic mass is 19.1. The summed E-state index contributed by atoms with van der Waals surface area (Å²) in [4.78, 5) is 15.2. The number of hydrogen-bond donors (Lipinski definition) is 1. The van der Waals surface area contributed by atoms with Crippen LogP contribution in [0.4, 0.5) is 15.8 Å². The number of aromatic nitrogens is 2. The number of anilines is 2. The van der Waals surface area contributed by atoms with Gasteiger partial charge >= 0.3 is 0 Å². The van der Waals surface area contributed by atoms with Gasteiger partial charge in [-0.1, -0.05) is 13.0 Å². The van der Waals surface area contributed by atoms with Crippen LogP contribution in [0, 0.1) is 5.82 Å². The predicted octanol–water partition coefficient (Wildman–Crippen LogP) is 4.21. The first-order valence-electron chi connectivity index (χ1n) is 9.62. The molecule has 0 unspecified atom stereocenters. The van der Waals surface area contributed by atoms with Crippen LogP contribution < -0.4 is 10.2 Å². The summed E-state index contributed by atoms with van der Waals surface area (Å²) in [6, 6.07) is 12.2. The Morgan fingerprint density at radius 3 is 2.68 bits per heavy atom. The predicted molar refractivity (Wildman–Crippen MR) is 109 cm³/mol. The molecule has 0 atom stereocenters. The van der Waals surface area contributed by atoms with E-state index in [-0.39, 0.29) is 11.7 Å². The number of nitrogens with one attached hydrogen (secondary N) is 1. The van der Waals surface area contributed by atoms with Gasteiger partial charge in [-0.3, -0.25) is 4.79 Å². The number of halogens is 1. The molecule has 0 fully saturated rings. The van der Waals surface area contributed by atoms with Gasteiger partial charge in [-0.05, 0) is 61.7 Å². The molecule has 1 N–H and O–H groups in total. The highest BCUT2D eigenvalue weighted by Gasteiger charge is 2.20. The highest BCUT2D eigenvalue weighted by Crippen LogP contribution is 2.30. The second-order valence-corrected chi connectivity index (χ2v) is 6.87. The van der Waals surface area contributed by atoms with Crippen molar-refractivity contribution < 1.29 is 9.18 Å². The van der Waals surface area contributed by atoms with Crippen LogP contribution in [0.3, 0.4) is 0 Å². The number of nitrogens with zero attached hydrogens (tertiary/aromatic N) is 3. The number of fused-ring (bicyclic) bond motifs is 1. The summed E-state index contributed by atoms with van der Waals surface area (Å²) in [5.41, 5.74) is 5.34. The maximum absolute atomic E-state index is 13.2. The van der Waals surface area contributed by atoms with Crippen molar-refractivity contribution in [2.24, 2.45) is 0 Å². The average Bonchev–Trinajstić information content (AvgIpc) is 3.32. The lowest BCUT2D eigenvalue weighted by Gasteiger charge is -2.17. The molecule has 1 aliphatic heterocycles. The van der Waals surface area contributed by atoms with E-state index < -0.39 is 0 Å². The Labute approximate surface area is 163 Å². The van der Waals surface area contributed by atoms with E-state index in [4.69, 9.17) is 0 Å². The Bertz CT molecular complexity index is 1010. The van der Waals surface area contributed by atoms with E-state index >= 15 is 0 Å². The summed E-state index contributed by atoms with van der Waals surface area (Å²) in [5, 5.41) is 7.36. The van der Waals surface area contributed by atoms with Gasteiger partial charge in [-0.2, -0.15) is 5.10 Å². The van der Waals surface area contributed by atoms with Crippen molar-refractivity contribution in [3.05, 3.63) is 71.3 Å². The van der Waals surface area contributed by atoms with Gasteiger partial charge in [0.15, 0.2) is 0 Å². The number of amides is 1. The zero-order chi connectivity index (χ0) is 19.7. The number of carbonyl (C=O) groups is 1. The minimum atomic E-state index is -0.301. The smallest absolute Gasteiger partial charge is 0.259 e.